The Morgan fingerprint density at radius 1 is 1.11 bits per heavy atom. The second-order valence-electron chi connectivity index (χ2n) is 4.75. The first-order valence-electron chi connectivity index (χ1n) is 6.96. The van der Waals surface area contributed by atoms with Crippen LogP contribution in [0.15, 0.2) is 24.3 Å². The molecule has 0 fully saturated rings. The summed E-state index contributed by atoms with van der Waals surface area (Å²) in [6.45, 7) is 4.15. The van der Waals surface area contributed by atoms with Gasteiger partial charge in [0.25, 0.3) is 0 Å². The molecule has 0 spiro atoms. The molecule has 0 bridgehead atoms. The van der Waals surface area contributed by atoms with Crippen molar-refractivity contribution in [1.29, 1.82) is 0 Å². The van der Waals surface area contributed by atoms with E-state index in [1.54, 1.807) is 0 Å². The summed E-state index contributed by atoms with van der Waals surface area (Å²) >= 11 is 5.96. The van der Waals surface area contributed by atoms with Gasteiger partial charge >= 0.3 is 0 Å². The zero-order valence-corrected chi connectivity index (χ0v) is 12.2. The topological polar surface area (TPSA) is 17.1 Å². The third-order valence-corrected chi connectivity index (χ3v) is 3.71. The minimum atomic E-state index is -0.389. The van der Waals surface area contributed by atoms with Crippen molar-refractivity contribution in [3.63, 3.8) is 0 Å². The lowest BCUT2D eigenvalue weighted by atomic mass is 10.0. The van der Waals surface area contributed by atoms with E-state index in [0.717, 1.165) is 12.0 Å². The SMILES string of the molecule is CCCCCCc1ccc(C(=O)C(Cl)CC)cc1. The Morgan fingerprint density at radius 2 is 1.78 bits per heavy atom. The van der Waals surface area contributed by atoms with Crippen LogP contribution in [0.1, 0.15) is 61.9 Å². The molecule has 1 nitrogen and oxygen atoms in total. The highest BCUT2D eigenvalue weighted by Gasteiger charge is 2.14. The van der Waals surface area contributed by atoms with Crippen molar-refractivity contribution in [2.75, 3.05) is 0 Å². The summed E-state index contributed by atoms with van der Waals surface area (Å²) in [5.74, 6) is 0.0386. The van der Waals surface area contributed by atoms with E-state index in [2.05, 4.69) is 19.1 Å². The standard InChI is InChI=1S/C16H23ClO/c1-3-5-6-7-8-13-9-11-14(12-10-13)16(18)15(17)4-2/h9-12,15H,3-8H2,1-2H3. The monoisotopic (exact) mass is 266 g/mol. The molecule has 0 radical (unpaired) electrons. The molecule has 1 aromatic carbocycles. The second kappa shape index (κ2) is 8.31. The van der Waals surface area contributed by atoms with Gasteiger partial charge in [0.05, 0.1) is 5.38 Å². The van der Waals surface area contributed by atoms with Gasteiger partial charge in [0.1, 0.15) is 0 Å². The number of benzene rings is 1. The van der Waals surface area contributed by atoms with Gasteiger partial charge in [-0.25, -0.2) is 0 Å². The van der Waals surface area contributed by atoms with Gasteiger partial charge in [-0.2, -0.15) is 0 Å². The third-order valence-electron chi connectivity index (χ3n) is 3.20. The predicted molar refractivity (Wildman–Crippen MR) is 78.6 cm³/mol. The molecule has 0 heterocycles. The number of hydrogen-bond acceptors (Lipinski definition) is 1. The number of Topliss-reactive ketones (excluding diaryl/α,β-unsaturated/α-hetero) is 1. The Labute approximate surface area is 116 Å². The highest BCUT2D eigenvalue weighted by molar-refractivity contribution is 6.33. The van der Waals surface area contributed by atoms with Gasteiger partial charge in [-0.05, 0) is 24.8 Å². The Bertz CT molecular complexity index is 356. The molecular formula is C16H23ClO. The van der Waals surface area contributed by atoms with Crippen LogP contribution in [0.5, 0.6) is 0 Å². The first-order chi connectivity index (χ1) is 8.69. The fraction of sp³-hybridized carbons (Fsp3) is 0.562. The number of aryl methyl sites for hydroxylation is 1. The highest BCUT2D eigenvalue weighted by atomic mass is 35.5. The van der Waals surface area contributed by atoms with Crippen molar-refractivity contribution in [2.24, 2.45) is 0 Å². The quantitative estimate of drug-likeness (QED) is 0.367. The van der Waals surface area contributed by atoms with Crippen LogP contribution >= 0.6 is 11.6 Å². The minimum absolute atomic E-state index is 0.0386. The Morgan fingerprint density at radius 3 is 2.33 bits per heavy atom. The fourth-order valence-electron chi connectivity index (χ4n) is 1.96. The first-order valence-corrected chi connectivity index (χ1v) is 7.39. The molecule has 18 heavy (non-hydrogen) atoms. The maximum absolute atomic E-state index is 11.9. The fourth-order valence-corrected chi connectivity index (χ4v) is 2.08. The van der Waals surface area contributed by atoms with Crippen molar-refractivity contribution in [3.05, 3.63) is 35.4 Å². The van der Waals surface area contributed by atoms with Gasteiger partial charge in [-0.1, -0.05) is 57.4 Å². The number of ketones is 1. The zero-order chi connectivity index (χ0) is 13.4. The molecule has 1 atom stereocenters. The van der Waals surface area contributed by atoms with Crippen molar-refractivity contribution in [3.8, 4) is 0 Å². The molecule has 2 heteroatoms. The number of carbonyl (C=O) groups is 1. The Kier molecular flexibility index (Phi) is 7.04. The molecule has 1 unspecified atom stereocenters. The molecule has 1 rings (SSSR count). The molecule has 0 amide bonds. The summed E-state index contributed by atoms with van der Waals surface area (Å²) in [4.78, 5) is 11.9. The molecule has 0 aliphatic rings. The van der Waals surface area contributed by atoms with Gasteiger partial charge < -0.3 is 0 Å². The van der Waals surface area contributed by atoms with Gasteiger partial charge in [0, 0.05) is 5.56 Å². The van der Waals surface area contributed by atoms with E-state index in [4.69, 9.17) is 11.6 Å². The van der Waals surface area contributed by atoms with Gasteiger partial charge in [0.2, 0.25) is 0 Å². The summed E-state index contributed by atoms with van der Waals surface area (Å²) < 4.78 is 0. The largest absolute Gasteiger partial charge is 0.293 e. The predicted octanol–water partition coefficient (Wildman–Crippen LogP) is 5.01. The smallest absolute Gasteiger partial charge is 0.180 e. The van der Waals surface area contributed by atoms with E-state index in [9.17, 15) is 4.79 Å². The van der Waals surface area contributed by atoms with E-state index in [1.165, 1.54) is 31.2 Å². The number of unbranched alkanes of at least 4 members (excludes halogenated alkanes) is 3. The number of alkyl halides is 1. The summed E-state index contributed by atoms with van der Waals surface area (Å²) in [7, 11) is 0. The Balaban J connectivity index is 2.49. The van der Waals surface area contributed by atoms with E-state index in [1.807, 2.05) is 19.1 Å². The number of hydrogen-bond donors (Lipinski definition) is 0. The molecule has 0 aliphatic heterocycles. The minimum Gasteiger partial charge on any atom is -0.293 e. The average molecular weight is 267 g/mol. The number of halogens is 1. The van der Waals surface area contributed by atoms with E-state index < -0.39 is 0 Å². The number of carbonyl (C=O) groups excluding carboxylic acids is 1. The van der Waals surface area contributed by atoms with Gasteiger partial charge in [0.15, 0.2) is 5.78 Å². The van der Waals surface area contributed by atoms with Crippen LogP contribution in [0.4, 0.5) is 0 Å². The van der Waals surface area contributed by atoms with Crippen LogP contribution in [0.2, 0.25) is 0 Å². The van der Waals surface area contributed by atoms with Crippen molar-refractivity contribution < 1.29 is 4.79 Å². The second-order valence-corrected chi connectivity index (χ2v) is 5.27. The normalized spacial score (nSPS) is 12.4. The summed E-state index contributed by atoms with van der Waals surface area (Å²) in [6.07, 6.45) is 6.87. The van der Waals surface area contributed by atoms with Crippen LogP contribution in [0, 0.1) is 0 Å². The lowest BCUT2D eigenvalue weighted by molar-refractivity contribution is 0.0985. The van der Waals surface area contributed by atoms with Crippen molar-refractivity contribution in [2.45, 2.75) is 57.7 Å². The lowest BCUT2D eigenvalue weighted by Crippen LogP contribution is -2.13. The maximum atomic E-state index is 11.9. The van der Waals surface area contributed by atoms with E-state index >= 15 is 0 Å². The van der Waals surface area contributed by atoms with E-state index in [0.29, 0.717) is 6.42 Å². The van der Waals surface area contributed by atoms with Crippen LogP contribution in [-0.4, -0.2) is 11.2 Å². The Hall–Kier alpha value is -0.820. The summed E-state index contributed by atoms with van der Waals surface area (Å²) in [5.41, 5.74) is 2.04. The van der Waals surface area contributed by atoms with Crippen molar-refractivity contribution >= 4 is 17.4 Å². The molecule has 0 aliphatic carbocycles. The molecular weight excluding hydrogens is 244 g/mol. The van der Waals surface area contributed by atoms with Crippen LogP contribution in [0.3, 0.4) is 0 Å². The van der Waals surface area contributed by atoms with Crippen molar-refractivity contribution in [1.82, 2.24) is 0 Å². The molecule has 0 saturated heterocycles. The third kappa shape index (κ3) is 4.81. The van der Waals surface area contributed by atoms with E-state index in [-0.39, 0.29) is 11.2 Å². The molecule has 1 aromatic rings. The number of rotatable bonds is 8. The maximum Gasteiger partial charge on any atom is 0.180 e. The molecule has 0 aromatic heterocycles. The highest BCUT2D eigenvalue weighted by Crippen LogP contribution is 2.14. The van der Waals surface area contributed by atoms with Gasteiger partial charge in [-0.15, -0.1) is 11.6 Å². The average Bonchev–Trinajstić information content (AvgIpc) is 2.42. The van der Waals surface area contributed by atoms with Crippen LogP contribution in [0.25, 0.3) is 0 Å². The first kappa shape index (κ1) is 15.2. The van der Waals surface area contributed by atoms with Gasteiger partial charge in [-0.3, -0.25) is 4.79 Å². The lowest BCUT2D eigenvalue weighted by Gasteiger charge is -2.06. The zero-order valence-electron chi connectivity index (χ0n) is 11.4. The van der Waals surface area contributed by atoms with Crippen LogP contribution < -0.4 is 0 Å². The summed E-state index contributed by atoms with van der Waals surface area (Å²) in [6, 6.07) is 7.92. The molecule has 0 N–H and O–H groups in total. The van der Waals surface area contributed by atoms with Crippen LogP contribution in [-0.2, 0) is 6.42 Å². The molecule has 100 valence electrons. The molecule has 0 saturated carbocycles. The summed E-state index contributed by atoms with van der Waals surface area (Å²) in [5, 5.41) is -0.389.